The number of nitrogens with zero attached hydrogens (tertiary/aromatic N) is 4. The first-order valence-corrected chi connectivity index (χ1v) is 11.4. The van der Waals surface area contributed by atoms with Crippen LogP contribution in [0.4, 0.5) is 32.3 Å². The molecular weight excluding hydrogens is 544 g/mol. The molecule has 2 aromatic carbocycles. The number of alkyl halides is 6. The monoisotopic (exact) mass is 559 g/mol. The summed E-state index contributed by atoms with van der Waals surface area (Å²) in [6.45, 7) is 0.923. The lowest BCUT2D eigenvalue weighted by atomic mass is 10.1. The zero-order chi connectivity index (χ0) is 27.2. The van der Waals surface area contributed by atoms with Crippen molar-refractivity contribution < 1.29 is 35.9 Å². The normalized spacial score (nSPS) is 16.9. The highest BCUT2D eigenvalue weighted by atomic mass is 35.5. The summed E-state index contributed by atoms with van der Waals surface area (Å²) < 4.78 is 85.7. The van der Waals surface area contributed by atoms with E-state index in [0.29, 0.717) is 13.1 Å². The first kappa shape index (κ1) is 25.8. The zero-order valence-corrected chi connectivity index (χ0v) is 19.7. The van der Waals surface area contributed by atoms with Gasteiger partial charge in [-0.25, -0.2) is 9.97 Å². The maximum Gasteiger partial charge on any atom is 0.573 e. The molecule has 0 radical (unpaired) electrons. The van der Waals surface area contributed by atoms with Gasteiger partial charge in [-0.05, 0) is 30.3 Å². The van der Waals surface area contributed by atoms with E-state index in [2.05, 4.69) is 35.8 Å². The van der Waals surface area contributed by atoms with Gasteiger partial charge in [0.1, 0.15) is 11.8 Å². The topological polar surface area (TPSA) is 105 Å². The van der Waals surface area contributed by atoms with Crippen LogP contribution in [-0.2, 0) is 11.0 Å². The Morgan fingerprint density at radius 1 is 1.08 bits per heavy atom. The van der Waals surface area contributed by atoms with Crippen LogP contribution in [0.2, 0.25) is 5.02 Å². The molecule has 5 rings (SSSR count). The SMILES string of the molecule is O=C1NCCNC[C@H]1Nc1nc2c(C(F)(F)F)cccc2c2nc(-c3ccc(Cl)cc3OC(F)(F)F)nn12. The van der Waals surface area contributed by atoms with Gasteiger partial charge in [-0.2, -0.15) is 17.7 Å². The first-order chi connectivity index (χ1) is 17.9. The average Bonchev–Trinajstić information content (AvgIpc) is 3.17. The summed E-state index contributed by atoms with van der Waals surface area (Å²) in [5.74, 6) is -1.73. The largest absolute Gasteiger partial charge is 0.573 e. The van der Waals surface area contributed by atoms with Gasteiger partial charge in [0, 0.05) is 30.0 Å². The second-order valence-corrected chi connectivity index (χ2v) is 8.62. The predicted molar refractivity (Wildman–Crippen MR) is 124 cm³/mol. The van der Waals surface area contributed by atoms with Crippen molar-refractivity contribution in [2.75, 3.05) is 25.0 Å². The summed E-state index contributed by atoms with van der Waals surface area (Å²) in [6, 6.07) is 5.74. The van der Waals surface area contributed by atoms with Crippen LogP contribution in [0.1, 0.15) is 5.56 Å². The summed E-state index contributed by atoms with van der Waals surface area (Å²) >= 11 is 5.85. The van der Waals surface area contributed by atoms with E-state index in [4.69, 9.17) is 11.6 Å². The second-order valence-electron chi connectivity index (χ2n) is 8.19. The van der Waals surface area contributed by atoms with E-state index < -0.39 is 41.3 Å². The number of para-hydroxylation sites is 1. The minimum absolute atomic E-state index is 0.0621. The van der Waals surface area contributed by atoms with Crippen LogP contribution in [-0.4, -0.2) is 57.5 Å². The van der Waals surface area contributed by atoms with E-state index in [1.54, 1.807) is 0 Å². The maximum atomic E-state index is 13.8. The highest BCUT2D eigenvalue weighted by molar-refractivity contribution is 6.30. The number of hydrogen-bond donors (Lipinski definition) is 3. The highest BCUT2D eigenvalue weighted by Gasteiger charge is 2.35. The molecule has 2 aromatic heterocycles. The summed E-state index contributed by atoms with van der Waals surface area (Å²) in [7, 11) is 0. The van der Waals surface area contributed by atoms with Crippen LogP contribution in [0.3, 0.4) is 0 Å². The van der Waals surface area contributed by atoms with E-state index in [0.717, 1.165) is 22.7 Å². The fourth-order valence-electron chi connectivity index (χ4n) is 3.97. The molecule has 200 valence electrons. The minimum Gasteiger partial charge on any atom is -0.405 e. The molecule has 1 aliphatic heterocycles. The number of hydrogen-bond acceptors (Lipinski definition) is 7. The lowest BCUT2D eigenvalue weighted by molar-refractivity contribution is -0.274. The van der Waals surface area contributed by atoms with Crippen molar-refractivity contribution in [2.45, 2.75) is 18.6 Å². The number of aromatic nitrogens is 4. The average molecular weight is 560 g/mol. The third kappa shape index (κ3) is 5.11. The van der Waals surface area contributed by atoms with E-state index in [1.807, 2.05) is 0 Å². The highest BCUT2D eigenvalue weighted by Crippen LogP contribution is 2.38. The van der Waals surface area contributed by atoms with Crippen molar-refractivity contribution >= 4 is 40.0 Å². The van der Waals surface area contributed by atoms with Crippen molar-refractivity contribution in [3.8, 4) is 17.1 Å². The number of benzene rings is 2. The van der Waals surface area contributed by atoms with Gasteiger partial charge < -0.3 is 20.7 Å². The van der Waals surface area contributed by atoms with E-state index >= 15 is 0 Å². The van der Waals surface area contributed by atoms with Gasteiger partial charge in [0.25, 0.3) is 0 Å². The Hall–Kier alpha value is -3.85. The number of carbonyl (C=O) groups is 1. The molecule has 1 fully saturated rings. The van der Waals surface area contributed by atoms with Gasteiger partial charge in [-0.1, -0.05) is 17.7 Å². The Morgan fingerprint density at radius 2 is 1.87 bits per heavy atom. The number of carbonyl (C=O) groups excluding carboxylic acids is 1. The smallest absolute Gasteiger partial charge is 0.405 e. The van der Waals surface area contributed by atoms with Gasteiger partial charge in [0.15, 0.2) is 11.5 Å². The van der Waals surface area contributed by atoms with Crippen molar-refractivity contribution in [1.29, 1.82) is 0 Å². The molecule has 0 spiro atoms. The number of nitrogens with one attached hydrogen (secondary N) is 3. The van der Waals surface area contributed by atoms with Crippen molar-refractivity contribution in [2.24, 2.45) is 0 Å². The summed E-state index contributed by atoms with van der Waals surface area (Å²) in [5, 5.41) is 12.5. The molecule has 4 aromatic rings. The number of amides is 1. The third-order valence-electron chi connectivity index (χ3n) is 5.59. The van der Waals surface area contributed by atoms with Crippen molar-refractivity contribution in [3.63, 3.8) is 0 Å². The fraction of sp³-hybridized carbons (Fsp3) is 0.273. The summed E-state index contributed by atoms with van der Waals surface area (Å²) in [6.07, 6.45) is -9.85. The Balaban J connectivity index is 1.74. The molecule has 1 aliphatic rings. The maximum absolute atomic E-state index is 13.8. The predicted octanol–water partition coefficient (Wildman–Crippen LogP) is 4.02. The van der Waals surface area contributed by atoms with Crippen LogP contribution < -0.4 is 20.7 Å². The summed E-state index contributed by atoms with van der Waals surface area (Å²) in [5.41, 5.74) is -1.93. The molecule has 0 bridgehead atoms. The Bertz CT molecular complexity index is 1540. The Kier molecular flexibility index (Phi) is 6.43. The van der Waals surface area contributed by atoms with Gasteiger partial charge in [0.2, 0.25) is 11.9 Å². The van der Waals surface area contributed by atoms with E-state index in [1.165, 1.54) is 18.2 Å². The number of halogens is 7. The number of fused-ring (bicyclic) bond motifs is 3. The molecule has 38 heavy (non-hydrogen) atoms. The van der Waals surface area contributed by atoms with Crippen molar-refractivity contribution in [1.82, 2.24) is 30.2 Å². The molecular formula is C22H16ClF6N7O2. The van der Waals surface area contributed by atoms with Gasteiger partial charge in [-0.3, -0.25) is 4.79 Å². The van der Waals surface area contributed by atoms with Crippen LogP contribution in [0.15, 0.2) is 36.4 Å². The van der Waals surface area contributed by atoms with Gasteiger partial charge in [-0.15, -0.1) is 18.3 Å². The molecule has 0 unspecified atom stereocenters. The van der Waals surface area contributed by atoms with Crippen LogP contribution in [0, 0.1) is 0 Å². The van der Waals surface area contributed by atoms with E-state index in [-0.39, 0.29) is 39.9 Å². The second kappa shape index (κ2) is 9.47. The van der Waals surface area contributed by atoms with E-state index in [9.17, 15) is 31.1 Å². The van der Waals surface area contributed by atoms with Crippen LogP contribution in [0.5, 0.6) is 5.75 Å². The third-order valence-corrected chi connectivity index (χ3v) is 5.82. The molecule has 0 saturated carbocycles. The Labute approximate surface area is 214 Å². The number of ether oxygens (including phenoxy) is 1. The molecule has 1 amide bonds. The Morgan fingerprint density at radius 3 is 2.61 bits per heavy atom. The standard InChI is InChI=1S/C22H16ClF6N7O2/c23-10-4-5-11(15(8-10)38-22(27,28)29)17-34-18-12-2-1-3-13(21(24,25)26)16(12)33-20(36(18)35-17)32-14-9-30-6-7-31-19(14)37/h1-5,8,14,30H,6-7,9H2,(H,31,37)(H,32,33)/t14-/m1/s1. The van der Waals surface area contributed by atoms with Crippen LogP contribution >= 0.6 is 11.6 Å². The fourth-order valence-corrected chi connectivity index (χ4v) is 4.13. The number of rotatable bonds is 4. The zero-order valence-electron chi connectivity index (χ0n) is 18.9. The first-order valence-electron chi connectivity index (χ1n) is 11.0. The molecule has 16 heteroatoms. The lowest BCUT2D eigenvalue weighted by Gasteiger charge is -2.17. The molecule has 3 N–H and O–H groups in total. The van der Waals surface area contributed by atoms with Crippen LogP contribution in [0.25, 0.3) is 27.9 Å². The van der Waals surface area contributed by atoms with Gasteiger partial charge in [0.05, 0.1) is 16.6 Å². The minimum atomic E-state index is -5.07. The molecule has 3 heterocycles. The molecule has 1 saturated heterocycles. The summed E-state index contributed by atoms with van der Waals surface area (Å²) in [4.78, 5) is 20.8. The molecule has 1 atom stereocenters. The quantitative estimate of drug-likeness (QED) is 0.325. The molecule has 9 nitrogen and oxygen atoms in total. The number of anilines is 1. The molecule has 0 aliphatic carbocycles. The van der Waals surface area contributed by atoms with Gasteiger partial charge >= 0.3 is 12.5 Å². The van der Waals surface area contributed by atoms with Crippen molar-refractivity contribution in [3.05, 3.63) is 47.0 Å². The lowest BCUT2D eigenvalue weighted by Crippen LogP contribution is -2.42.